The van der Waals surface area contributed by atoms with E-state index in [1.54, 1.807) is 14.2 Å². The van der Waals surface area contributed by atoms with E-state index in [1.165, 1.54) is 0 Å². The highest BCUT2D eigenvalue weighted by molar-refractivity contribution is 5.82. The number of amides is 1. The number of carbonyl (C=O) groups excluding carboxylic acids is 1. The molecule has 2 atom stereocenters. The van der Waals surface area contributed by atoms with Crippen molar-refractivity contribution in [1.29, 1.82) is 0 Å². The summed E-state index contributed by atoms with van der Waals surface area (Å²) in [5, 5.41) is 6.27. The van der Waals surface area contributed by atoms with Crippen LogP contribution in [0.5, 0.6) is 11.5 Å². The number of carbonyl (C=O) groups is 1. The minimum absolute atomic E-state index is 0.0298. The number of methoxy groups -OCH3 is 2. The van der Waals surface area contributed by atoms with Gasteiger partial charge in [-0.25, -0.2) is 0 Å². The van der Waals surface area contributed by atoms with Crippen LogP contribution in [0.3, 0.4) is 0 Å². The predicted molar refractivity (Wildman–Crippen MR) is 100 cm³/mol. The van der Waals surface area contributed by atoms with Crippen LogP contribution < -0.4 is 20.1 Å². The maximum Gasteiger partial charge on any atom is 0.239 e. The second-order valence-corrected chi connectivity index (χ2v) is 6.61. The highest BCUT2D eigenvalue weighted by atomic mass is 16.5. The minimum atomic E-state index is -0.297. The largest absolute Gasteiger partial charge is 0.493 e. The summed E-state index contributed by atoms with van der Waals surface area (Å²) in [6.07, 6.45) is 0. The summed E-state index contributed by atoms with van der Waals surface area (Å²) in [6.45, 7) is 5.27. The Morgan fingerprint density at radius 1 is 1.22 bits per heavy atom. The highest BCUT2D eigenvalue weighted by Gasteiger charge is 2.26. The van der Waals surface area contributed by atoms with Crippen molar-refractivity contribution in [2.24, 2.45) is 0 Å². The normalized spacial score (nSPS) is 22.1. The number of morpholine rings is 2. The number of ether oxygens (including phenoxy) is 4. The molecule has 3 rings (SSSR count). The molecule has 2 N–H and O–H groups in total. The molecule has 0 spiro atoms. The fourth-order valence-electron chi connectivity index (χ4n) is 3.46. The van der Waals surface area contributed by atoms with E-state index < -0.39 is 0 Å². The summed E-state index contributed by atoms with van der Waals surface area (Å²) in [6, 6.07) is 5.64. The van der Waals surface area contributed by atoms with Crippen LogP contribution in [0.25, 0.3) is 0 Å². The second-order valence-electron chi connectivity index (χ2n) is 6.61. The first-order valence-electron chi connectivity index (χ1n) is 9.35. The molecule has 8 heteroatoms. The number of rotatable bonds is 7. The Balaban J connectivity index is 1.73. The van der Waals surface area contributed by atoms with Crippen molar-refractivity contribution in [2.75, 3.05) is 66.8 Å². The maximum absolute atomic E-state index is 12.5. The average molecular weight is 379 g/mol. The third-order valence-corrected chi connectivity index (χ3v) is 4.99. The van der Waals surface area contributed by atoms with Crippen LogP contribution in [-0.2, 0) is 14.3 Å². The monoisotopic (exact) mass is 379 g/mol. The summed E-state index contributed by atoms with van der Waals surface area (Å²) in [7, 11) is 3.25. The Kier molecular flexibility index (Phi) is 7.28. The molecule has 2 aliphatic rings. The van der Waals surface area contributed by atoms with E-state index in [0.717, 1.165) is 18.7 Å². The van der Waals surface area contributed by atoms with Crippen molar-refractivity contribution < 1.29 is 23.7 Å². The fraction of sp³-hybridized carbons (Fsp3) is 0.632. The summed E-state index contributed by atoms with van der Waals surface area (Å²) >= 11 is 0. The lowest BCUT2D eigenvalue weighted by molar-refractivity contribution is -0.126. The Morgan fingerprint density at radius 2 is 2.00 bits per heavy atom. The van der Waals surface area contributed by atoms with Gasteiger partial charge in [0.25, 0.3) is 0 Å². The molecular weight excluding hydrogens is 350 g/mol. The zero-order valence-corrected chi connectivity index (χ0v) is 16.0. The molecule has 0 radical (unpaired) electrons. The van der Waals surface area contributed by atoms with Crippen molar-refractivity contribution in [1.82, 2.24) is 15.5 Å². The molecule has 150 valence electrons. The van der Waals surface area contributed by atoms with Crippen LogP contribution >= 0.6 is 0 Å². The van der Waals surface area contributed by atoms with Gasteiger partial charge in [-0.05, 0) is 17.7 Å². The highest BCUT2D eigenvalue weighted by Crippen LogP contribution is 2.32. The van der Waals surface area contributed by atoms with Gasteiger partial charge in [0, 0.05) is 26.2 Å². The van der Waals surface area contributed by atoms with Crippen molar-refractivity contribution >= 4 is 5.91 Å². The van der Waals surface area contributed by atoms with E-state index in [2.05, 4.69) is 15.5 Å². The molecule has 0 aromatic heterocycles. The Hall–Kier alpha value is -1.87. The van der Waals surface area contributed by atoms with Gasteiger partial charge in [0.05, 0.1) is 46.7 Å². The van der Waals surface area contributed by atoms with Gasteiger partial charge in [0.2, 0.25) is 5.91 Å². The molecular formula is C19H29N3O5. The lowest BCUT2D eigenvalue weighted by Gasteiger charge is -2.35. The molecule has 0 aliphatic carbocycles. The molecule has 27 heavy (non-hydrogen) atoms. The van der Waals surface area contributed by atoms with E-state index in [-0.39, 0.29) is 18.0 Å². The zero-order valence-electron chi connectivity index (χ0n) is 16.0. The topological polar surface area (TPSA) is 81.3 Å². The number of hydrogen-bond acceptors (Lipinski definition) is 7. The first kappa shape index (κ1) is 19.9. The molecule has 8 nitrogen and oxygen atoms in total. The predicted octanol–water partition coefficient (Wildman–Crippen LogP) is 0.182. The van der Waals surface area contributed by atoms with Crippen molar-refractivity contribution in [3.63, 3.8) is 0 Å². The van der Waals surface area contributed by atoms with E-state index in [9.17, 15) is 4.79 Å². The molecule has 1 aromatic carbocycles. The zero-order chi connectivity index (χ0) is 19.1. The van der Waals surface area contributed by atoms with E-state index >= 15 is 0 Å². The van der Waals surface area contributed by atoms with Crippen LogP contribution in [-0.4, -0.2) is 83.7 Å². The molecule has 0 saturated carbocycles. The Bertz CT molecular complexity index is 615. The quantitative estimate of drug-likeness (QED) is 0.700. The summed E-state index contributed by atoms with van der Waals surface area (Å²) in [5.41, 5.74) is 1.07. The number of hydrogen-bond donors (Lipinski definition) is 2. The smallest absolute Gasteiger partial charge is 0.239 e. The molecule has 2 unspecified atom stereocenters. The number of benzene rings is 1. The van der Waals surface area contributed by atoms with Gasteiger partial charge < -0.3 is 29.6 Å². The van der Waals surface area contributed by atoms with Crippen LogP contribution in [0.2, 0.25) is 0 Å². The Labute approximate surface area is 160 Å². The van der Waals surface area contributed by atoms with Crippen molar-refractivity contribution in [2.45, 2.75) is 12.1 Å². The first-order valence-corrected chi connectivity index (χ1v) is 9.35. The number of nitrogens with zero attached hydrogens (tertiary/aromatic N) is 1. The standard InChI is InChI=1S/C19H29N3O5/c1-24-17-4-3-14(11-18(17)25-2)16(22-6-9-26-10-7-22)12-21-19(23)15-13-27-8-5-20-15/h3-4,11,15-16,20H,5-10,12-13H2,1-2H3,(H,21,23). The third kappa shape index (κ3) is 5.10. The molecule has 2 saturated heterocycles. The van der Waals surface area contributed by atoms with E-state index in [4.69, 9.17) is 18.9 Å². The molecule has 1 aromatic rings. The van der Waals surface area contributed by atoms with E-state index in [0.29, 0.717) is 51.0 Å². The Morgan fingerprint density at radius 3 is 2.67 bits per heavy atom. The molecule has 1 amide bonds. The molecule has 2 aliphatic heterocycles. The minimum Gasteiger partial charge on any atom is -0.493 e. The van der Waals surface area contributed by atoms with Crippen LogP contribution in [0.15, 0.2) is 18.2 Å². The van der Waals surface area contributed by atoms with Gasteiger partial charge >= 0.3 is 0 Å². The van der Waals surface area contributed by atoms with Crippen LogP contribution in [0, 0.1) is 0 Å². The lowest BCUT2D eigenvalue weighted by Crippen LogP contribution is -2.53. The van der Waals surface area contributed by atoms with Crippen LogP contribution in [0.4, 0.5) is 0 Å². The van der Waals surface area contributed by atoms with Gasteiger partial charge in [0.15, 0.2) is 11.5 Å². The first-order chi connectivity index (χ1) is 13.2. The second kappa shape index (κ2) is 9.89. The van der Waals surface area contributed by atoms with Crippen molar-refractivity contribution in [3.8, 4) is 11.5 Å². The van der Waals surface area contributed by atoms with Crippen LogP contribution in [0.1, 0.15) is 11.6 Å². The summed E-state index contributed by atoms with van der Waals surface area (Å²) in [5.74, 6) is 1.34. The third-order valence-electron chi connectivity index (χ3n) is 4.99. The average Bonchev–Trinajstić information content (AvgIpc) is 2.75. The van der Waals surface area contributed by atoms with Gasteiger partial charge in [-0.15, -0.1) is 0 Å². The maximum atomic E-state index is 12.5. The molecule has 2 fully saturated rings. The van der Waals surface area contributed by atoms with E-state index in [1.807, 2.05) is 18.2 Å². The van der Waals surface area contributed by atoms with Gasteiger partial charge in [-0.3, -0.25) is 9.69 Å². The SMILES string of the molecule is COc1ccc(C(CNC(=O)C2COCCN2)N2CCOCC2)cc1OC. The lowest BCUT2D eigenvalue weighted by atomic mass is 10.0. The van der Waals surface area contributed by atoms with Gasteiger partial charge in [-0.2, -0.15) is 0 Å². The molecule has 2 heterocycles. The summed E-state index contributed by atoms with van der Waals surface area (Å²) < 4.78 is 21.7. The summed E-state index contributed by atoms with van der Waals surface area (Å²) in [4.78, 5) is 14.8. The van der Waals surface area contributed by atoms with Gasteiger partial charge in [-0.1, -0.05) is 6.07 Å². The van der Waals surface area contributed by atoms with Crippen molar-refractivity contribution in [3.05, 3.63) is 23.8 Å². The number of nitrogens with one attached hydrogen (secondary N) is 2. The van der Waals surface area contributed by atoms with Gasteiger partial charge in [0.1, 0.15) is 6.04 Å². The fourth-order valence-corrected chi connectivity index (χ4v) is 3.46. The molecule has 0 bridgehead atoms.